The lowest BCUT2D eigenvalue weighted by molar-refractivity contribution is -0.0517. The number of fused-ring (bicyclic) bond motifs is 1. The number of nitrogens with zero attached hydrogens (tertiary/aromatic N) is 1. The van der Waals surface area contributed by atoms with Crippen molar-refractivity contribution < 1.29 is 21.9 Å². The zero-order valence-electron chi connectivity index (χ0n) is 12.3. The Morgan fingerprint density at radius 1 is 1.22 bits per heavy atom. The molecule has 2 N–H and O–H groups in total. The zero-order valence-corrected chi connectivity index (χ0v) is 13.9. The molecule has 1 aliphatic heterocycles. The third-order valence-electron chi connectivity index (χ3n) is 4.56. The van der Waals surface area contributed by atoms with E-state index in [2.05, 4.69) is 4.74 Å². The molecule has 0 aromatic heterocycles. The summed E-state index contributed by atoms with van der Waals surface area (Å²) in [6.45, 7) is -2.33. The van der Waals surface area contributed by atoms with E-state index >= 15 is 0 Å². The number of benzene rings is 1. The van der Waals surface area contributed by atoms with Crippen LogP contribution in [0.25, 0.3) is 0 Å². The minimum atomic E-state index is -3.86. The largest absolute Gasteiger partial charge is 0.433 e. The van der Waals surface area contributed by atoms with E-state index in [1.54, 1.807) is 0 Å². The smallest absolute Gasteiger partial charge is 0.387 e. The van der Waals surface area contributed by atoms with Gasteiger partial charge in [0.25, 0.3) is 0 Å². The number of alkyl halides is 2. The molecule has 1 saturated carbocycles. The van der Waals surface area contributed by atoms with Gasteiger partial charge in [0.1, 0.15) is 10.6 Å². The molecule has 3 rings (SSSR count). The molecule has 23 heavy (non-hydrogen) atoms. The second kappa shape index (κ2) is 6.88. The molecule has 1 saturated heterocycles. The highest BCUT2D eigenvalue weighted by Gasteiger charge is 2.45. The molecule has 5 nitrogen and oxygen atoms in total. The molecule has 1 aliphatic carbocycles. The summed E-state index contributed by atoms with van der Waals surface area (Å²) >= 11 is 0. The maximum atomic E-state index is 12.7. The minimum Gasteiger partial charge on any atom is -0.433 e. The molecule has 0 radical (unpaired) electrons. The van der Waals surface area contributed by atoms with Gasteiger partial charge in [0, 0.05) is 19.1 Å². The van der Waals surface area contributed by atoms with Crippen molar-refractivity contribution >= 4 is 22.4 Å². The molecule has 0 spiro atoms. The van der Waals surface area contributed by atoms with Crippen molar-refractivity contribution in [2.45, 2.75) is 30.4 Å². The molecule has 1 aromatic rings. The van der Waals surface area contributed by atoms with Gasteiger partial charge in [-0.05, 0) is 36.8 Å². The highest BCUT2D eigenvalue weighted by atomic mass is 35.5. The van der Waals surface area contributed by atoms with Gasteiger partial charge in [-0.1, -0.05) is 12.1 Å². The lowest BCUT2D eigenvalue weighted by Crippen LogP contribution is -2.33. The first kappa shape index (κ1) is 18.4. The Balaban J connectivity index is 0.00000192. The first-order valence-electron chi connectivity index (χ1n) is 7.19. The van der Waals surface area contributed by atoms with Crippen LogP contribution in [0.3, 0.4) is 0 Å². The summed E-state index contributed by atoms with van der Waals surface area (Å²) in [5, 5.41) is 0. The van der Waals surface area contributed by atoms with Crippen molar-refractivity contribution in [1.82, 2.24) is 4.31 Å². The van der Waals surface area contributed by atoms with Crippen LogP contribution in [0.15, 0.2) is 29.2 Å². The van der Waals surface area contributed by atoms with Crippen molar-refractivity contribution in [1.29, 1.82) is 0 Å². The van der Waals surface area contributed by atoms with E-state index in [1.165, 1.54) is 28.6 Å². The minimum absolute atomic E-state index is 0. The summed E-state index contributed by atoms with van der Waals surface area (Å²) < 4.78 is 56.1. The summed E-state index contributed by atoms with van der Waals surface area (Å²) in [6.07, 6.45) is 1.82. The van der Waals surface area contributed by atoms with E-state index in [4.69, 9.17) is 5.73 Å². The monoisotopic (exact) mass is 368 g/mol. The fraction of sp³-hybridized carbons (Fsp3) is 0.571. The molecule has 0 bridgehead atoms. The van der Waals surface area contributed by atoms with E-state index in [0.717, 1.165) is 12.8 Å². The summed E-state index contributed by atoms with van der Waals surface area (Å²) in [5.74, 6) is 0.0877. The van der Waals surface area contributed by atoms with E-state index in [-0.39, 0.29) is 40.9 Å². The van der Waals surface area contributed by atoms with Gasteiger partial charge in [0.2, 0.25) is 10.0 Å². The summed E-state index contributed by atoms with van der Waals surface area (Å²) in [6, 6.07) is 5.50. The zero-order chi connectivity index (χ0) is 15.9. The number of ether oxygens (including phenoxy) is 1. The molecular weight excluding hydrogens is 350 g/mol. The summed E-state index contributed by atoms with van der Waals surface area (Å²) in [4.78, 5) is -0.219. The average Bonchev–Trinajstić information content (AvgIpc) is 3.02. The average molecular weight is 369 g/mol. The first-order chi connectivity index (χ1) is 10.4. The van der Waals surface area contributed by atoms with Crippen molar-refractivity contribution in [2.75, 3.05) is 13.1 Å². The summed E-state index contributed by atoms with van der Waals surface area (Å²) in [5.41, 5.74) is 6.01. The van der Waals surface area contributed by atoms with Crippen molar-refractivity contribution in [2.24, 2.45) is 17.6 Å². The predicted octanol–water partition coefficient (Wildman–Crippen LogP) is 2.07. The highest BCUT2D eigenvalue weighted by Crippen LogP contribution is 2.40. The quantitative estimate of drug-likeness (QED) is 0.883. The number of halogens is 3. The van der Waals surface area contributed by atoms with Crippen LogP contribution in [0.2, 0.25) is 0 Å². The fourth-order valence-corrected chi connectivity index (χ4v) is 5.11. The fourth-order valence-electron chi connectivity index (χ4n) is 3.46. The maximum absolute atomic E-state index is 12.7. The Kier molecular flexibility index (Phi) is 5.50. The second-order valence-corrected chi connectivity index (χ2v) is 7.72. The van der Waals surface area contributed by atoms with Gasteiger partial charge in [0.05, 0.1) is 0 Å². The van der Waals surface area contributed by atoms with Crippen LogP contribution in [0.4, 0.5) is 8.78 Å². The third kappa shape index (κ3) is 3.45. The lowest BCUT2D eigenvalue weighted by atomic mass is 9.98. The van der Waals surface area contributed by atoms with Crippen LogP contribution >= 0.6 is 12.4 Å². The van der Waals surface area contributed by atoms with Crippen LogP contribution in [0.5, 0.6) is 5.75 Å². The van der Waals surface area contributed by atoms with Crippen molar-refractivity contribution in [3.63, 3.8) is 0 Å². The van der Waals surface area contributed by atoms with Gasteiger partial charge < -0.3 is 10.5 Å². The third-order valence-corrected chi connectivity index (χ3v) is 6.43. The van der Waals surface area contributed by atoms with Crippen LogP contribution in [-0.4, -0.2) is 38.5 Å². The predicted molar refractivity (Wildman–Crippen MR) is 83.3 cm³/mol. The van der Waals surface area contributed by atoms with Crippen LogP contribution in [-0.2, 0) is 10.0 Å². The molecular formula is C14H19ClF2N2O3S. The lowest BCUT2D eigenvalue weighted by Gasteiger charge is -2.20. The molecule has 3 unspecified atom stereocenters. The number of sulfonamides is 1. The molecule has 9 heteroatoms. The highest BCUT2D eigenvalue weighted by molar-refractivity contribution is 7.89. The number of nitrogens with two attached hydrogens (primary N) is 1. The van der Waals surface area contributed by atoms with Gasteiger partial charge in [-0.3, -0.25) is 0 Å². The van der Waals surface area contributed by atoms with Gasteiger partial charge in [-0.25, -0.2) is 8.42 Å². The Labute approximate surface area is 140 Å². The van der Waals surface area contributed by atoms with Crippen molar-refractivity contribution in [3.8, 4) is 5.75 Å². The number of hydrogen-bond acceptors (Lipinski definition) is 4. The van der Waals surface area contributed by atoms with Gasteiger partial charge >= 0.3 is 6.61 Å². The van der Waals surface area contributed by atoms with Gasteiger partial charge in [0.15, 0.2) is 0 Å². The molecule has 0 amide bonds. The van der Waals surface area contributed by atoms with E-state index in [1.807, 2.05) is 0 Å². The normalized spacial score (nSPS) is 27.7. The maximum Gasteiger partial charge on any atom is 0.387 e. The first-order valence-corrected chi connectivity index (χ1v) is 8.63. The van der Waals surface area contributed by atoms with Crippen LogP contribution in [0, 0.1) is 11.8 Å². The molecule has 1 heterocycles. The van der Waals surface area contributed by atoms with Gasteiger partial charge in [-0.2, -0.15) is 13.1 Å². The van der Waals surface area contributed by atoms with Gasteiger partial charge in [-0.15, -0.1) is 12.4 Å². The molecule has 3 atom stereocenters. The second-order valence-electron chi connectivity index (χ2n) is 5.81. The van der Waals surface area contributed by atoms with E-state index < -0.39 is 16.6 Å². The number of para-hydroxylation sites is 1. The topological polar surface area (TPSA) is 72.6 Å². The molecule has 130 valence electrons. The SMILES string of the molecule is Cl.NC1CCC2CN(S(=O)(=O)c3ccccc3OC(F)F)CC12. The molecule has 2 fully saturated rings. The van der Waals surface area contributed by atoms with Crippen molar-refractivity contribution in [3.05, 3.63) is 24.3 Å². The Morgan fingerprint density at radius 3 is 2.57 bits per heavy atom. The van der Waals surface area contributed by atoms with Crippen LogP contribution < -0.4 is 10.5 Å². The van der Waals surface area contributed by atoms with Crippen LogP contribution in [0.1, 0.15) is 12.8 Å². The Morgan fingerprint density at radius 2 is 1.91 bits per heavy atom. The number of hydrogen-bond donors (Lipinski definition) is 1. The summed E-state index contributed by atoms with van der Waals surface area (Å²) in [7, 11) is -3.86. The molecule has 1 aromatic carbocycles. The standard InChI is InChI=1S/C14H18F2N2O3S.ClH/c15-14(16)21-12-3-1-2-4-13(12)22(19,20)18-7-9-5-6-11(17)10(9)8-18;/h1-4,9-11,14H,5-8,17H2;1H. The Hall–Kier alpha value is -0.960. The van der Waals surface area contributed by atoms with E-state index in [9.17, 15) is 17.2 Å². The Bertz CT molecular complexity index is 659. The number of rotatable bonds is 4. The molecule has 2 aliphatic rings. The van der Waals surface area contributed by atoms with E-state index in [0.29, 0.717) is 13.1 Å².